The fourth-order valence-corrected chi connectivity index (χ4v) is 0.221. The van der Waals surface area contributed by atoms with Crippen molar-refractivity contribution in [2.24, 2.45) is 9.98 Å². The quantitative estimate of drug-likeness (QED) is 0.393. The van der Waals surface area contributed by atoms with E-state index in [0.717, 1.165) is 0 Å². The zero-order valence-corrected chi connectivity index (χ0v) is 2.96. The summed E-state index contributed by atoms with van der Waals surface area (Å²) in [6.45, 7) is 0. The molecule has 1 heterocycles. The molecule has 0 N–H and O–H groups in total. The molecule has 0 saturated carbocycles. The van der Waals surface area contributed by atoms with Gasteiger partial charge in [0.2, 0.25) is 0 Å². The summed E-state index contributed by atoms with van der Waals surface area (Å²) in [5.41, 5.74) is 0. The second-order valence-electron chi connectivity index (χ2n) is 0.861. The molecular weight excluding hydrogens is 80.0 g/mol. The van der Waals surface area contributed by atoms with Gasteiger partial charge in [-0.3, -0.25) is 4.79 Å². The van der Waals surface area contributed by atoms with Gasteiger partial charge < -0.3 is 0 Å². The maximum atomic E-state index is 9.90. The van der Waals surface area contributed by atoms with Crippen LogP contribution in [-0.4, -0.2) is 18.5 Å². The van der Waals surface area contributed by atoms with Gasteiger partial charge in [0, 0.05) is 0 Å². The normalized spacial score (nSPS) is 17.0. The van der Waals surface area contributed by atoms with Gasteiger partial charge in [0.15, 0.2) is 0 Å². The van der Waals surface area contributed by atoms with E-state index in [1.54, 1.807) is 0 Å². The minimum atomic E-state index is -0.269. The predicted molar refractivity (Wildman–Crippen MR) is 22.0 cm³/mol. The number of hydrogen-bond acceptors (Lipinski definition) is 2. The molecule has 3 nitrogen and oxygen atoms in total. The first-order valence-electron chi connectivity index (χ1n) is 1.49. The van der Waals surface area contributed by atoms with Crippen molar-refractivity contribution in [2.75, 3.05) is 0 Å². The van der Waals surface area contributed by atoms with Crippen molar-refractivity contribution >= 4 is 18.5 Å². The maximum absolute atomic E-state index is 9.90. The SMILES string of the molecule is O=C1C=NC=N1. The van der Waals surface area contributed by atoms with Crippen molar-refractivity contribution in [1.29, 1.82) is 0 Å². The second-order valence-corrected chi connectivity index (χ2v) is 0.861. The monoisotopic (exact) mass is 82.0 g/mol. The summed E-state index contributed by atoms with van der Waals surface area (Å²) >= 11 is 0. The highest BCUT2D eigenvalue weighted by molar-refractivity contribution is 6.32. The number of carbonyl (C=O) groups is 1. The average molecular weight is 82.1 g/mol. The van der Waals surface area contributed by atoms with Crippen LogP contribution in [0.2, 0.25) is 0 Å². The molecule has 0 aliphatic carbocycles. The van der Waals surface area contributed by atoms with Crippen LogP contribution in [0.1, 0.15) is 0 Å². The molecule has 30 valence electrons. The van der Waals surface area contributed by atoms with Gasteiger partial charge in [0.05, 0.1) is 6.21 Å². The molecule has 0 fully saturated rings. The molecule has 0 bridgehead atoms. The van der Waals surface area contributed by atoms with Crippen molar-refractivity contribution in [1.82, 2.24) is 0 Å². The van der Waals surface area contributed by atoms with Crippen molar-refractivity contribution < 1.29 is 4.79 Å². The Bertz CT molecular complexity index is 111. The van der Waals surface area contributed by atoms with Gasteiger partial charge in [0.25, 0.3) is 5.91 Å². The molecule has 6 heavy (non-hydrogen) atoms. The summed E-state index contributed by atoms with van der Waals surface area (Å²) in [6, 6.07) is 0. The number of nitrogens with zero attached hydrogens (tertiary/aromatic N) is 2. The van der Waals surface area contributed by atoms with E-state index < -0.39 is 0 Å². The fraction of sp³-hybridized carbons (Fsp3) is 0. The molecule has 1 aliphatic heterocycles. The van der Waals surface area contributed by atoms with E-state index in [-0.39, 0.29) is 5.91 Å². The van der Waals surface area contributed by atoms with Gasteiger partial charge in [0.1, 0.15) is 6.34 Å². The summed E-state index contributed by atoms with van der Waals surface area (Å²) < 4.78 is 0. The summed E-state index contributed by atoms with van der Waals surface area (Å²) in [6.07, 6.45) is 2.39. The molecule has 1 amide bonds. The number of aliphatic imine (C=N–C) groups is 2. The lowest BCUT2D eigenvalue weighted by molar-refractivity contribution is -0.111. The first-order valence-corrected chi connectivity index (χ1v) is 1.49. The van der Waals surface area contributed by atoms with Crippen LogP contribution in [0.4, 0.5) is 0 Å². The van der Waals surface area contributed by atoms with E-state index in [9.17, 15) is 4.79 Å². The highest BCUT2D eigenvalue weighted by atomic mass is 16.1. The topological polar surface area (TPSA) is 41.8 Å². The van der Waals surface area contributed by atoms with Crippen LogP contribution in [0.5, 0.6) is 0 Å². The van der Waals surface area contributed by atoms with Gasteiger partial charge in [-0.1, -0.05) is 0 Å². The second kappa shape index (κ2) is 1.01. The van der Waals surface area contributed by atoms with Crippen LogP contribution in [-0.2, 0) is 4.79 Å². The van der Waals surface area contributed by atoms with Crippen LogP contribution in [0.15, 0.2) is 9.98 Å². The van der Waals surface area contributed by atoms with Gasteiger partial charge in [-0.25, -0.2) is 4.99 Å². The van der Waals surface area contributed by atoms with Crippen molar-refractivity contribution in [3.63, 3.8) is 0 Å². The van der Waals surface area contributed by atoms with Gasteiger partial charge in [-0.2, -0.15) is 4.99 Å². The average Bonchev–Trinajstić information content (AvgIpc) is 1.86. The smallest absolute Gasteiger partial charge is 0.266 e. The summed E-state index contributed by atoms with van der Waals surface area (Å²) in [7, 11) is 0. The molecule has 0 aromatic carbocycles. The summed E-state index contributed by atoms with van der Waals surface area (Å²) in [4.78, 5) is 16.5. The molecule has 1 aliphatic rings. The summed E-state index contributed by atoms with van der Waals surface area (Å²) in [5.74, 6) is -0.269. The first kappa shape index (κ1) is 3.21. The lowest BCUT2D eigenvalue weighted by atomic mass is 10.7. The molecule has 3 heteroatoms. The van der Waals surface area contributed by atoms with E-state index >= 15 is 0 Å². The highest BCUT2D eigenvalue weighted by Crippen LogP contribution is 1.75. The molecule has 0 radical (unpaired) electrons. The van der Waals surface area contributed by atoms with Crippen LogP contribution >= 0.6 is 0 Å². The molecule has 0 atom stereocenters. The lowest BCUT2D eigenvalue weighted by Gasteiger charge is -1.59. The standard InChI is InChI=1S/C3H2N2O/c6-3-1-4-2-5-3/h1-2H. The molecule has 0 aromatic rings. The van der Waals surface area contributed by atoms with E-state index in [0.29, 0.717) is 0 Å². The summed E-state index contributed by atoms with van der Waals surface area (Å²) in [5, 5.41) is 0. The van der Waals surface area contributed by atoms with Crippen LogP contribution in [0, 0.1) is 0 Å². The molecule has 1 rings (SSSR count). The highest BCUT2D eigenvalue weighted by Gasteiger charge is 1.91. The molecule has 0 aromatic heterocycles. The van der Waals surface area contributed by atoms with Gasteiger partial charge in [-0.15, -0.1) is 0 Å². The van der Waals surface area contributed by atoms with Crippen molar-refractivity contribution in [3.05, 3.63) is 0 Å². The zero-order chi connectivity index (χ0) is 4.41. The molecular formula is C3H2N2O. The number of hydrogen-bond donors (Lipinski definition) is 0. The molecule has 0 spiro atoms. The van der Waals surface area contributed by atoms with Crippen LogP contribution in [0.25, 0.3) is 0 Å². The van der Waals surface area contributed by atoms with E-state index in [1.807, 2.05) is 0 Å². The zero-order valence-electron chi connectivity index (χ0n) is 2.96. The predicted octanol–water partition coefficient (Wildman–Crippen LogP) is -0.374. The Hall–Kier alpha value is -0.990. The minimum Gasteiger partial charge on any atom is -0.266 e. The number of amides is 1. The Kier molecular flexibility index (Phi) is 0.538. The molecule has 0 saturated heterocycles. The van der Waals surface area contributed by atoms with Crippen molar-refractivity contribution in [3.8, 4) is 0 Å². The van der Waals surface area contributed by atoms with E-state index in [2.05, 4.69) is 9.98 Å². The van der Waals surface area contributed by atoms with Gasteiger partial charge >= 0.3 is 0 Å². The number of rotatable bonds is 0. The number of carbonyl (C=O) groups excluding carboxylic acids is 1. The Morgan fingerprint density at radius 3 is 2.67 bits per heavy atom. The Morgan fingerprint density at radius 1 is 1.67 bits per heavy atom. The van der Waals surface area contributed by atoms with Gasteiger partial charge in [-0.05, 0) is 0 Å². The third-order valence-corrected chi connectivity index (χ3v) is 0.437. The first-order chi connectivity index (χ1) is 2.89. The maximum Gasteiger partial charge on any atom is 0.289 e. The lowest BCUT2D eigenvalue weighted by Crippen LogP contribution is -1.84. The van der Waals surface area contributed by atoms with E-state index in [1.165, 1.54) is 12.6 Å². The Labute approximate surface area is 34.4 Å². The van der Waals surface area contributed by atoms with E-state index in [4.69, 9.17) is 0 Å². The third kappa shape index (κ3) is 0.337. The van der Waals surface area contributed by atoms with Crippen LogP contribution in [0.3, 0.4) is 0 Å². The fourth-order valence-electron chi connectivity index (χ4n) is 0.221. The Balaban J connectivity index is 2.86. The van der Waals surface area contributed by atoms with Crippen LogP contribution < -0.4 is 0 Å². The molecule has 0 unspecified atom stereocenters. The van der Waals surface area contributed by atoms with Crippen molar-refractivity contribution in [2.45, 2.75) is 0 Å². The Morgan fingerprint density at radius 2 is 2.50 bits per heavy atom. The largest absolute Gasteiger partial charge is 0.289 e. The third-order valence-electron chi connectivity index (χ3n) is 0.437. The minimum absolute atomic E-state index is 0.269.